The summed E-state index contributed by atoms with van der Waals surface area (Å²) in [5.74, 6) is 0.954. The van der Waals surface area contributed by atoms with Crippen molar-refractivity contribution in [2.75, 3.05) is 33.7 Å². The van der Waals surface area contributed by atoms with Gasteiger partial charge in [-0.15, -0.1) is 0 Å². The average molecular weight is 227 g/mol. The molecule has 1 aliphatic heterocycles. The number of rotatable bonds is 4. The molecule has 1 amide bonds. The van der Waals surface area contributed by atoms with E-state index in [1.807, 2.05) is 18.7 Å². The van der Waals surface area contributed by atoms with Crippen molar-refractivity contribution in [2.24, 2.45) is 17.6 Å². The van der Waals surface area contributed by atoms with Crippen LogP contribution in [0.25, 0.3) is 0 Å². The van der Waals surface area contributed by atoms with Crippen LogP contribution < -0.4 is 5.73 Å². The van der Waals surface area contributed by atoms with Gasteiger partial charge in [0.1, 0.15) is 0 Å². The van der Waals surface area contributed by atoms with Crippen LogP contribution in [0.15, 0.2) is 0 Å². The van der Waals surface area contributed by atoms with Crippen LogP contribution in [0.5, 0.6) is 0 Å². The molecular weight excluding hydrogens is 202 g/mol. The van der Waals surface area contributed by atoms with Gasteiger partial charge >= 0.3 is 0 Å². The lowest BCUT2D eigenvalue weighted by molar-refractivity contribution is -0.132. The molecule has 1 unspecified atom stereocenters. The maximum absolute atomic E-state index is 12.0. The molecule has 1 heterocycles. The SMILES string of the molecule is CC(C)[C@H](N)C(=O)N1CCC(CN(C)C)C1. The van der Waals surface area contributed by atoms with Crippen molar-refractivity contribution in [1.29, 1.82) is 0 Å². The smallest absolute Gasteiger partial charge is 0.239 e. The van der Waals surface area contributed by atoms with E-state index in [2.05, 4.69) is 19.0 Å². The lowest BCUT2D eigenvalue weighted by Crippen LogP contribution is -2.45. The standard InChI is InChI=1S/C12H25N3O/c1-9(2)11(13)12(16)15-6-5-10(8-15)7-14(3)4/h9-11H,5-8,13H2,1-4H3/t10?,11-/m0/s1. The number of likely N-dealkylation sites (tertiary alicyclic amines) is 1. The first-order valence-electron chi connectivity index (χ1n) is 6.11. The number of nitrogens with two attached hydrogens (primary N) is 1. The minimum absolute atomic E-state index is 0.122. The molecule has 0 saturated carbocycles. The largest absolute Gasteiger partial charge is 0.341 e. The van der Waals surface area contributed by atoms with Crippen molar-refractivity contribution >= 4 is 5.91 Å². The van der Waals surface area contributed by atoms with Crippen LogP contribution >= 0.6 is 0 Å². The highest BCUT2D eigenvalue weighted by atomic mass is 16.2. The molecule has 1 saturated heterocycles. The van der Waals surface area contributed by atoms with Crippen molar-refractivity contribution in [3.8, 4) is 0 Å². The molecule has 4 heteroatoms. The summed E-state index contributed by atoms with van der Waals surface area (Å²) in [6, 6.07) is -0.335. The molecule has 1 aliphatic rings. The summed E-state index contributed by atoms with van der Waals surface area (Å²) >= 11 is 0. The van der Waals surface area contributed by atoms with E-state index < -0.39 is 0 Å². The van der Waals surface area contributed by atoms with Gasteiger partial charge in [-0.05, 0) is 32.4 Å². The summed E-state index contributed by atoms with van der Waals surface area (Å²) in [6.45, 7) is 6.79. The Morgan fingerprint density at radius 1 is 1.50 bits per heavy atom. The van der Waals surface area contributed by atoms with Gasteiger partial charge < -0.3 is 15.5 Å². The molecule has 0 radical (unpaired) electrons. The second-order valence-corrected chi connectivity index (χ2v) is 5.47. The predicted molar refractivity (Wildman–Crippen MR) is 66.1 cm³/mol. The Kier molecular flexibility index (Phi) is 4.74. The number of carbonyl (C=O) groups excluding carboxylic acids is 1. The van der Waals surface area contributed by atoms with E-state index in [4.69, 9.17) is 5.73 Å². The molecule has 0 aromatic rings. The molecule has 0 aliphatic carbocycles. The second-order valence-electron chi connectivity index (χ2n) is 5.47. The fraction of sp³-hybridized carbons (Fsp3) is 0.917. The van der Waals surface area contributed by atoms with Gasteiger partial charge in [0, 0.05) is 19.6 Å². The second kappa shape index (κ2) is 5.64. The van der Waals surface area contributed by atoms with Gasteiger partial charge in [-0.1, -0.05) is 13.8 Å². The van der Waals surface area contributed by atoms with E-state index in [0.29, 0.717) is 5.92 Å². The molecule has 94 valence electrons. The number of amides is 1. The normalized spacial score (nSPS) is 23.2. The van der Waals surface area contributed by atoms with Crippen LogP contribution in [0.3, 0.4) is 0 Å². The highest BCUT2D eigenvalue weighted by Gasteiger charge is 2.30. The minimum Gasteiger partial charge on any atom is -0.341 e. The van der Waals surface area contributed by atoms with Gasteiger partial charge in [0.05, 0.1) is 6.04 Å². The third-order valence-corrected chi connectivity index (χ3v) is 3.22. The number of nitrogens with zero attached hydrogens (tertiary/aromatic N) is 2. The van der Waals surface area contributed by atoms with Gasteiger partial charge in [0.25, 0.3) is 0 Å². The highest BCUT2D eigenvalue weighted by molar-refractivity contribution is 5.82. The Morgan fingerprint density at radius 3 is 2.62 bits per heavy atom. The van der Waals surface area contributed by atoms with Crippen molar-refractivity contribution < 1.29 is 4.79 Å². The van der Waals surface area contributed by atoms with Crippen molar-refractivity contribution in [1.82, 2.24) is 9.80 Å². The Balaban J connectivity index is 2.43. The molecule has 2 atom stereocenters. The Morgan fingerprint density at radius 2 is 2.12 bits per heavy atom. The number of hydrogen-bond acceptors (Lipinski definition) is 3. The zero-order valence-electron chi connectivity index (χ0n) is 10.9. The van der Waals surface area contributed by atoms with Gasteiger partial charge in [-0.3, -0.25) is 4.79 Å². The van der Waals surface area contributed by atoms with Gasteiger partial charge in [-0.2, -0.15) is 0 Å². The highest BCUT2D eigenvalue weighted by Crippen LogP contribution is 2.18. The van der Waals surface area contributed by atoms with Crippen molar-refractivity contribution in [3.63, 3.8) is 0 Å². The molecule has 0 aromatic heterocycles. The monoisotopic (exact) mass is 227 g/mol. The summed E-state index contributed by atoms with van der Waals surface area (Å²) < 4.78 is 0. The predicted octanol–water partition coefficient (Wildman–Crippen LogP) is 0.380. The fourth-order valence-electron chi connectivity index (χ4n) is 2.19. The van der Waals surface area contributed by atoms with Crippen molar-refractivity contribution in [2.45, 2.75) is 26.3 Å². The van der Waals surface area contributed by atoms with Crippen LogP contribution in [0.1, 0.15) is 20.3 Å². The third kappa shape index (κ3) is 3.46. The first-order chi connectivity index (χ1) is 7.41. The first-order valence-corrected chi connectivity index (χ1v) is 6.11. The Bertz CT molecular complexity index is 240. The van der Waals surface area contributed by atoms with E-state index in [1.165, 1.54) is 0 Å². The first kappa shape index (κ1) is 13.5. The fourth-order valence-corrected chi connectivity index (χ4v) is 2.19. The van der Waals surface area contributed by atoms with E-state index in [0.717, 1.165) is 26.1 Å². The van der Waals surface area contributed by atoms with E-state index in [1.54, 1.807) is 0 Å². The quantitative estimate of drug-likeness (QED) is 0.755. The van der Waals surface area contributed by atoms with E-state index in [9.17, 15) is 4.79 Å². The Labute approximate surface area is 98.8 Å². The number of carbonyl (C=O) groups is 1. The third-order valence-electron chi connectivity index (χ3n) is 3.22. The van der Waals surface area contributed by atoms with Crippen LogP contribution in [-0.2, 0) is 4.79 Å². The van der Waals surface area contributed by atoms with E-state index in [-0.39, 0.29) is 17.9 Å². The number of hydrogen-bond donors (Lipinski definition) is 1. The summed E-state index contributed by atoms with van der Waals surface area (Å²) in [6.07, 6.45) is 1.11. The van der Waals surface area contributed by atoms with E-state index >= 15 is 0 Å². The summed E-state index contributed by atoms with van der Waals surface area (Å²) in [7, 11) is 4.15. The molecule has 0 aromatic carbocycles. The van der Waals surface area contributed by atoms with Crippen LogP contribution in [0, 0.1) is 11.8 Å². The van der Waals surface area contributed by atoms with Crippen LogP contribution in [0.4, 0.5) is 0 Å². The lowest BCUT2D eigenvalue weighted by Gasteiger charge is -2.23. The molecule has 1 fully saturated rings. The van der Waals surface area contributed by atoms with Gasteiger partial charge in [-0.25, -0.2) is 0 Å². The zero-order chi connectivity index (χ0) is 12.3. The molecule has 0 bridgehead atoms. The Hall–Kier alpha value is -0.610. The lowest BCUT2D eigenvalue weighted by atomic mass is 10.0. The molecule has 16 heavy (non-hydrogen) atoms. The topological polar surface area (TPSA) is 49.6 Å². The summed E-state index contributed by atoms with van der Waals surface area (Å²) in [5, 5.41) is 0. The molecule has 1 rings (SSSR count). The summed E-state index contributed by atoms with van der Waals surface area (Å²) in [5.41, 5.74) is 5.88. The van der Waals surface area contributed by atoms with Gasteiger partial charge in [0.2, 0.25) is 5.91 Å². The maximum Gasteiger partial charge on any atom is 0.239 e. The minimum atomic E-state index is -0.335. The average Bonchev–Trinajstić information content (AvgIpc) is 2.62. The summed E-state index contributed by atoms with van der Waals surface area (Å²) in [4.78, 5) is 16.1. The molecular formula is C12H25N3O. The van der Waals surface area contributed by atoms with Crippen molar-refractivity contribution in [3.05, 3.63) is 0 Å². The molecule has 0 spiro atoms. The zero-order valence-corrected chi connectivity index (χ0v) is 10.9. The van der Waals surface area contributed by atoms with Gasteiger partial charge in [0.15, 0.2) is 0 Å². The molecule has 2 N–H and O–H groups in total. The maximum atomic E-state index is 12.0. The van der Waals surface area contributed by atoms with Crippen LogP contribution in [-0.4, -0.2) is 55.5 Å². The molecule has 4 nitrogen and oxygen atoms in total. The van der Waals surface area contributed by atoms with Crippen LogP contribution in [0.2, 0.25) is 0 Å².